The number of hydrogen-bond donors (Lipinski definition) is 1. The summed E-state index contributed by atoms with van der Waals surface area (Å²) in [5, 5.41) is 13.5. The van der Waals surface area contributed by atoms with Crippen molar-refractivity contribution in [1.29, 1.82) is 0 Å². The number of rotatable bonds is 6. The van der Waals surface area contributed by atoms with E-state index in [-0.39, 0.29) is 11.3 Å². The fourth-order valence-corrected chi connectivity index (χ4v) is 2.57. The van der Waals surface area contributed by atoms with Crippen LogP contribution in [0.25, 0.3) is 0 Å². The number of carbonyl (C=O) groups is 1. The van der Waals surface area contributed by atoms with Gasteiger partial charge in [0.25, 0.3) is 11.6 Å². The Balaban J connectivity index is 3.09. The summed E-state index contributed by atoms with van der Waals surface area (Å²) in [6.07, 6.45) is -0.903. The first-order valence-electron chi connectivity index (χ1n) is 6.57. The maximum absolute atomic E-state index is 12.3. The topological polar surface area (TPSA) is 75.5 Å². The van der Waals surface area contributed by atoms with Gasteiger partial charge in [-0.2, -0.15) is 0 Å². The van der Waals surface area contributed by atoms with E-state index in [1.807, 2.05) is 13.8 Å². The summed E-state index contributed by atoms with van der Waals surface area (Å²) >= 11 is 17.8. The Bertz CT molecular complexity index is 545. The quantitative estimate of drug-likeness (QED) is 0.361. The second kappa shape index (κ2) is 7.97. The molecule has 0 radical (unpaired) electrons. The van der Waals surface area contributed by atoms with Crippen molar-refractivity contribution >= 4 is 46.4 Å². The molecule has 6 nitrogen and oxygen atoms in total. The molecule has 1 unspecified atom stereocenters. The molecule has 1 N–H and O–H groups in total. The number of amides is 1. The summed E-state index contributed by atoms with van der Waals surface area (Å²) in [6.45, 7) is 4.77. The number of nitro groups is 1. The molecule has 122 valence electrons. The Kier molecular flexibility index (Phi) is 6.87. The maximum Gasteiger partial charge on any atom is 0.282 e. The highest BCUT2D eigenvalue weighted by Crippen LogP contribution is 2.32. The first-order chi connectivity index (χ1) is 10.2. The predicted molar refractivity (Wildman–Crippen MR) is 87.6 cm³/mol. The van der Waals surface area contributed by atoms with Crippen LogP contribution >= 0.6 is 34.8 Å². The molecule has 0 saturated heterocycles. The van der Waals surface area contributed by atoms with Gasteiger partial charge in [0.2, 0.25) is 3.79 Å². The van der Waals surface area contributed by atoms with Crippen LogP contribution in [0.1, 0.15) is 24.2 Å². The zero-order valence-electron chi connectivity index (χ0n) is 12.1. The van der Waals surface area contributed by atoms with Gasteiger partial charge in [0.05, 0.1) is 4.92 Å². The molecule has 0 spiro atoms. The maximum atomic E-state index is 12.3. The smallest absolute Gasteiger partial charge is 0.282 e. The van der Waals surface area contributed by atoms with Crippen LogP contribution < -0.4 is 5.32 Å². The molecular weight excluding hydrogens is 353 g/mol. The first kappa shape index (κ1) is 19.0. The largest absolute Gasteiger partial charge is 0.332 e. The van der Waals surface area contributed by atoms with Crippen LogP contribution in [-0.4, -0.2) is 38.8 Å². The molecule has 1 amide bonds. The van der Waals surface area contributed by atoms with E-state index in [9.17, 15) is 14.9 Å². The minimum absolute atomic E-state index is 0.0843. The average Bonchev–Trinajstić information content (AvgIpc) is 2.46. The van der Waals surface area contributed by atoms with Crippen molar-refractivity contribution in [2.45, 2.75) is 23.8 Å². The lowest BCUT2D eigenvalue weighted by Crippen LogP contribution is -2.55. The highest BCUT2D eigenvalue weighted by atomic mass is 35.6. The van der Waals surface area contributed by atoms with Gasteiger partial charge < -0.3 is 5.32 Å². The molecule has 22 heavy (non-hydrogen) atoms. The summed E-state index contributed by atoms with van der Waals surface area (Å²) in [5.74, 6) is -0.671. The van der Waals surface area contributed by atoms with E-state index >= 15 is 0 Å². The van der Waals surface area contributed by atoms with E-state index in [0.29, 0.717) is 13.1 Å². The molecule has 0 aliphatic rings. The molecule has 0 saturated carbocycles. The molecule has 0 aliphatic carbocycles. The number of hydrogen-bond acceptors (Lipinski definition) is 4. The van der Waals surface area contributed by atoms with Crippen LogP contribution in [0.2, 0.25) is 0 Å². The van der Waals surface area contributed by atoms with Crippen molar-refractivity contribution < 1.29 is 9.72 Å². The van der Waals surface area contributed by atoms with E-state index in [2.05, 4.69) is 5.32 Å². The Morgan fingerprint density at radius 1 is 1.32 bits per heavy atom. The van der Waals surface area contributed by atoms with Gasteiger partial charge in [-0.25, -0.2) is 0 Å². The van der Waals surface area contributed by atoms with Gasteiger partial charge in [-0.3, -0.25) is 19.8 Å². The molecule has 0 heterocycles. The molecule has 9 heteroatoms. The number of nitrogens with one attached hydrogen (secondary N) is 1. The average molecular weight is 369 g/mol. The third kappa shape index (κ3) is 4.71. The van der Waals surface area contributed by atoms with Gasteiger partial charge in [-0.1, -0.05) is 60.8 Å². The SMILES string of the molecule is CCN(CC)C(NC(=O)c1ccccc1[N+](=O)[O-])C(Cl)(Cl)Cl. The van der Waals surface area contributed by atoms with Gasteiger partial charge in [-0.15, -0.1) is 0 Å². The van der Waals surface area contributed by atoms with Crippen LogP contribution in [0.4, 0.5) is 5.69 Å². The second-order valence-electron chi connectivity index (χ2n) is 4.41. The summed E-state index contributed by atoms with van der Waals surface area (Å²) in [6, 6.07) is 5.61. The predicted octanol–water partition coefficient (Wildman–Crippen LogP) is 3.36. The minimum atomic E-state index is -1.77. The molecule has 1 aromatic rings. The number of halogens is 3. The third-order valence-electron chi connectivity index (χ3n) is 3.10. The Hall–Kier alpha value is -1.08. The van der Waals surface area contributed by atoms with Crippen molar-refractivity contribution in [2.75, 3.05) is 13.1 Å². The monoisotopic (exact) mass is 367 g/mol. The fourth-order valence-electron chi connectivity index (χ4n) is 2.00. The summed E-state index contributed by atoms with van der Waals surface area (Å²) in [7, 11) is 0. The Morgan fingerprint density at radius 2 is 1.86 bits per heavy atom. The highest BCUT2D eigenvalue weighted by Gasteiger charge is 2.38. The van der Waals surface area contributed by atoms with E-state index in [4.69, 9.17) is 34.8 Å². The second-order valence-corrected chi connectivity index (χ2v) is 6.78. The molecule has 1 atom stereocenters. The van der Waals surface area contributed by atoms with Crippen molar-refractivity contribution in [2.24, 2.45) is 0 Å². The molecule has 1 aromatic carbocycles. The normalized spacial score (nSPS) is 13.0. The first-order valence-corrected chi connectivity index (χ1v) is 7.70. The van der Waals surface area contributed by atoms with Gasteiger partial charge in [0.15, 0.2) is 0 Å². The lowest BCUT2D eigenvalue weighted by Gasteiger charge is -2.34. The number of alkyl halides is 3. The van der Waals surface area contributed by atoms with Gasteiger partial charge in [-0.05, 0) is 19.2 Å². The van der Waals surface area contributed by atoms with Gasteiger partial charge in [0.1, 0.15) is 11.7 Å². The number of nitrogens with zero attached hydrogens (tertiary/aromatic N) is 2. The standard InChI is InChI=1S/C13H16Cl3N3O3/c1-3-18(4-2)12(13(14,15)16)17-11(20)9-7-5-6-8-10(9)19(21)22/h5-8,12H,3-4H2,1-2H3,(H,17,20). The molecule has 0 aliphatic heterocycles. The molecule has 1 rings (SSSR count). The van der Waals surface area contributed by atoms with E-state index < -0.39 is 20.8 Å². The van der Waals surface area contributed by atoms with Crippen LogP contribution in [0.5, 0.6) is 0 Å². The van der Waals surface area contributed by atoms with Gasteiger partial charge in [0, 0.05) is 6.07 Å². The lowest BCUT2D eigenvalue weighted by molar-refractivity contribution is -0.385. The summed E-state index contributed by atoms with van der Waals surface area (Å²) in [4.78, 5) is 24.4. The molecule has 0 bridgehead atoms. The summed E-state index contributed by atoms with van der Waals surface area (Å²) in [5.41, 5.74) is -0.387. The fraction of sp³-hybridized carbons (Fsp3) is 0.462. The van der Waals surface area contributed by atoms with Crippen LogP contribution in [0, 0.1) is 10.1 Å². The number of benzene rings is 1. The van der Waals surface area contributed by atoms with E-state index in [1.54, 1.807) is 4.90 Å². The van der Waals surface area contributed by atoms with Gasteiger partial charge >= 0.3 is 0 Å². The van der Waals surface area contributed by atoms with Crippen molar-refractivity contribution in [3.63, 3.8) is 0 Å². The minimum Gasteiger partial charge on any atom is -0.332 e. The van der Waals surface area contributed by atoms with Crippen molar-refractivity contribution in [3.8, 4) is 0 Å². The number of carbonyl (C=O) groups excluding carboxylic acids is 1. The Labute approximate surface area is 143 Å². The molecular formula is C13H16Cl3N3O3. The lowest BCUT2D eigenvalue weighted by atomic mass is 10.1. The van der Waals surface area contributed by atoms with E-state index in [1.165, 1.54) is 24.3 Å². The third-order valence-corrected chi connectivity index (χ3v) is 3.72. The molecule has 0 fully saturated rings. The van der Waals surface area contributed by atoms with Crippen molar-refractivity contribution in [1.82, 2.24) is 10.2 Å². The van der Waals surface area contributed by atoms with Crippen LogP contribution in [0.15, 0.2) is 24.3 Å². The molecule has 0 aromatic heterocycles. The van der Waals surface area contributed by atoms with Crippen molar-refractivity contribution in [3.05, 3.63) is 39.9 Å². The number of nitro benzene ring substituents is 1. The van der Waals surface area contributed by atoms with Crippen LogP contribution in [-0.2, 0) is 0 Å². The Morgan fingerprint density at radius 3 is 2.32 bits per heavy atom. The number of para-hydroxylation sites is 1. The van der Waals surface area contributed by atoms with Crippen LogP contribution in [0.3, 0.4) is 0 Å². The zero-order chi connectivity index (χ0) is 16.9. The summed E-state index contributed by atoms with van der Waals surface area (Å²) < 4.78 is -1.77. The zero-order valence-corrected chi connectivity index (χ0v) is 14.3. The van der Waals surface area contributed by atoms with E-state index in [0.717, 1.165) is 0 Å². The highest BCUT2D eigenvalue weighted by molar-refractivity contribution is 6.68.